The minimum Gasteiger partial charge on any atom is -0.381 e. The van der Waals surface area contributed by atoms with Crippen molar-refractivity contribution in [2.75, 3.05) is 26.8 Å². The maximum atomic E-state index is 6.25. The Hall–Kier alpha value is -1.32. The maximum absolute atomic E-state index is 6.25. The quantitative estimate of drug-likeness (QED) is 0.326. The minimum absolute atomic E-state index is 0. The van der Waals surface area contributed by atoms with Gasteiger partial charge in [0.2, 0.25) is 0 Å². The summed E-state index contributed by atoms with van der Waals surface area (Å²) in [5.74, 6) is 1.87. The molecule has 8 heteroatoms. The van der Waals surface area contributed by atoms with E-state index < -0.39 is 0 Å². The average molecular weight is 533 g/mol. The number of hydrogen-bond acceptors (Lipinski definition) is 4. The van der Waals surface area contributed by atoms with Gasteiger partial charge in [-0.15, -0.1) is 24.0 Å². The number of halogens is 2. The van der Waals surface area contributed by atoms with Crippen molar-refractivity contribution < 1.29 is 9.26 Å². The highest BCUT2D eigenvalue weighted by Crippen LogP contribution is 2.35. The molecule has 0 unspecified atom stereocenters. The van der Waals surface area contributed by atoms with Gasteiger partial charge in [-0.1, -0.05) is 42.7 Å². The second kappa shape index (κ2) is 11.2. The van der Waals surface area contributed by atoms with Gasteiger partial charge in [-0.2, -0.15) is 0 Å². The molecule has 0 radical (unpaired) electrons. The lowest BCUT2D eigenvalue weighted by Gasteiger charge is -2.38. The highest BCUT2D eigenvalue weighted by molar-refractivity contribution is 14.0. The summed E-state index contributed by atoms with van der Waals surface area (Å²) < 4.78 is 11.0. The van der Waals surface area contributed by atoms with Gasteiger partial charge in [-0.05, 0) is 36.5 Å². The fourth-order valence-corrected chi connectivity index (χ4v) is 3.67. The Morgan fingerprint density at radius 1 is 1.24 bits per heavy atom. The van der Waals surface area contributed by atoms with Crippen molar-refractivity contribution in [1.29, 1.82) is 0 Å². The Morgan fingerprint density at radius 2 is 2.00 bits per heavy atom. The van der Waals surface area contributed by atoms with E-state index in [1.165, 1.54) is 5.56 Å². The Balaban J connectivity index is 0.00000300. The normalized spacial score (nSPS) is 16.4. The fraction of sp³-hybridized carbons (Fsp3) is 0.524. The molecular formula is C21H30ClIN4O2. The van der Waals surface area contributed by atoms with Gasteiger partial charge in [0, 0.05) is 43.3 Å². The summed E-state index contributed by atoms with van der Waals surface area (Å²) >= 11 is 6.25. The fourth-order valence-electron chi connectivity index (χ4n) is 3.48. The van der Waals surface area contributed by atoms with Gasteiger partial charge < -0.3 is 19.9 Å². The third-order valence-electron chi connectivity index (χ3n) is 5.30. The van der Waals surface area contributed by atoms with Crippen molar-refractivity contribution in [3.05, 3.63) is 52.4 Å². The smallest absolute Gasteiger partial charge is 0.191 e. The lowest BCUT2D eigenvalue weighted by molar-refractivity contribution is 0.0514. The summed E-state index contributed by atoms with van der Waals surface area (Å²) in [6.45, 7) is 6.97. The number of guanidine groups is 1. The summed E-state index contributed by atoms with van der Waals surface area (Å²) in [7, 11) is 1.77. The number of nitrogens with one attached hydrogen (secondary N) is 2. The highest BCUT2D eigenvalue weighted by Gasteiger charge is 2.34. The van der Waals surface area contributed by atoms with Crippen LogP contribution in [0, 0.1) is 0 Å². The van der Waals surface area contributed by atoms with Crippen LogP contribution in [0.3, 0.4) is 0 Å². The molecule has 0 aliphatic carbocycles. The number of nitrogens with zero attached hydrogens (tertiary/aromatic N) is 2. The molecule has 1 saturated heterocycles. The van der Waals surface area contributed by atoms with Crippen LogP contribution >= 0.6 is 35.6 Å². The standard InChI is InChI=1S/C21H29ClN4O2.HI/c1-15(2)19-12-18(28-26-19)13-24-20(23-3)25-14-21(7-9-27-10-8-21)16-5-4-6-17(22)11-16;/h4-6,11-12,15H,7-10,13-14H2,1-3H3,(H2,23,24,25);1H. The van der Waals surface area contributed by atoms with Crippen molar-refractivity contribution in [2.24, 2.45) is 4.99 Å². The first-order valence-electron chi connectivity index (χ1n) is 9.76. The Labute approximate surface area is 194 Å². The van der Waals surface area contributed by atoms with Crippen molar-refractivity contribution in [2.45, 2.75) is 44.6 Å². The molecule has 29 heavy (non-hydrogen) atoms. The summed E-state index contributed by atoms with van der Waals surface area (Å²) in [6.07, 6.45) is 1.88. The zero-order chi connectivity index (χ0) is 20.0. The van der Waals surface area contributed by atoms with E-state index in [0.29, 0.717) is 12.5 Å². The molecule has 160 valence electrons. The first-order valence-corrected chi connectivity index (χ1v) is 10.1. The van der Waals surface area contributed by atoms with E-state index in [9.17, 15) is 0 Å². The van der Waals surface area contributed by atoms with Crippen molar-refractivity contribution in [3.63, 3.8) is 0 Å². The topological polar surface area (TPSA) is 71.7 Å². The van der Waals surface area contributed by atoms with E-state index >= 15 is 0 Å². The number of benzene rings is 1. The third kappa shape index (κ3) is 6.33. The second-order valence-corrected chi connectivity index (χ2v) is 7.99. The van der Waals surface area contributed by atoms with Gasteiger partial charge in [0.15, 0.2) is 11.7 Å². The van der Waals surface area contributed by atoms with E-state index in [0.717, 1.165) is 55.0 Å². The molecule has 1 aromatic heterocycles. The molecule has 6 nitrogen and oxygen atoms in total. The van der Waals surface area contributed by atoms with Gasteiger partial charge in [0.05, 0.1) is 12.2 Å². The molecule has 1 aliphatic rings. The number of hydrogen-bond donors (Lipinski definition) is 2. The van der Waals surface area contributed by atoms with Crippen LogP contribution in [0.25, 0.3) is 0 Å². The van der Waals surface area contributed by atoms with Gasteiger partial charge >= 0.3 is 0 Å². The summed E-state index contributed by atoms with van der Waals surface area (Å²) in [5, 5.41) is 11.6. The summed E-state index contributed by atoms with van der Waals surface area (Å²) in [6, 6.07) is 10.1. The zero-order valence-electron chi connectivity index (χ0n) is 17.2. The van der Waals surface area contributed by atoms with Gasteiger partial charge in [0.25, 0.3) is 0 Å². The largest absolute Gasteiger partial charge is 0.381 e. The first kappa shape index (κ1) is 24.0. The average Bonchev–Trinajstić information content (AvgIpc) is 3.18. The number of aliphatic imine (C=N–C) groups is 1. The Bertz CT molecular complexity index is 803. The van der Waals surface area contributed by atoms with E-state index in [1.54, 1.807) is 7.05 Å². The molecule has 0 spiro atoms. The summed E-state index contributed by atoms with van der Waals surface area (Å²) in [5.41, 5.74) is 2.17. The maximum Gasteiger partial charge on any atom is 0.191 e. The monoisotopic (exact) mass is 532 g/mol. The van der Waals surface area contributed by atoms with Crippen LogP contribution in [-0.2, 0) is 16.7 Å². The van der Waals surface area contributed by atoms with E-state index in [2.05, 4.69) is 46.8 Å². The van der Waals surface area contributed by atoms with Crippen LogP contribution in [0.5, 0.6) is 0 Å². The molecule has 0 bridgehead atoms. The second-order valence-electron chi connectivity index (χ2n) is 7.56. The number of aromatic nitrogens is 1. The van der Waals surface area contributed by atoms with Crippen LogP contribution in [0.1, 0.15) is 49.6 Å². The number of rotatable bonds is 6. The van der Waals surface area contributed by atoms with Crippen LogP contribution in [0.4, 0.5) is 0 Å². The lowest BCUT2D eigenvalue weighted by Crippen LogP contribution is -2.47. The predicted molar refractivity (Wildman–Crippen MR) is 127 cm³/mol. The SMILES string of the molecule is CN=C(NCc1cc(C(C)C)no1)NCC1(c2cccc(Cl)c2)CCOCC1.I. The molecule has 0 amide bonds. The molecule has 0 atom stereocenters. The van der Waals surface area contributed by atoms with E-state index in [1.807, 2.05) is 18.2 Å². The predicted octanol–water partition coefficient (Wildman–Crippen LogP) is 4.48. The zero-order valence-corrected chi connectivity index (χ0v) is 20.3. The van der Waals surface area contributed by atoms with Crippen LogP contribution in [0.2, 0.25) is 5.02 Å². The van der Waals surface area contributed by atoms with E-state index in [-0.39, 0.29) is 29.4 Å². The van der Waals surface area contributed by atoms with Gasteiger partial charge in [-0.25, -0.2) is 0 Å². The molecule has 1 aromatic carbocycles. The molecule has 3 rings (SSSR count). The molecule has 1 fully saturated rings. The molecule has 2 heterocycles. The Kier molecular flexibility index (Phi) is 9.23. The third-order valence-corrected chi connectivity index (χ3v) is 5.54. The van der Waals surface area contributed by atoms with Crippen molar-refractivity contribution >= 4 is 41.5 Å². The van der Waals surface area contributed by atoms with Crippen LogP contribution in [-0.4, -0.2) is 37.9 Å². The molecule has 2 N–H and O–H groups in total. The molecule has 0 saturated carbocycles. The van der Waals surface area contributed by atoms with Gasteiger partial charge in [0.1, 0.15) is 0 Å². The minimum atomic E-state index is -0.0299. The highest BCUT2D eigenvalue weighted by atomic mass is 127. The van der Waals surface area contributed by atoms with Crippen LogP contribution in [0.15, 0.2) is 39.8 Å². The van der Waals surface area contributed by atoms with E-state index in [4.69, 9.17) is 20.9 Å². The molecular weight excluding hydrogens is 503 g/mol. The Morgan fingerprint density at radius 3 is 2.62 bits per heavy atom. The van der Waals surface area contributed by atoms with Crippen LogP contribution < -0.4 is 10.6 Å². The number of ether oxygens (including phenoxy) is 1. The van der Waals surface area contributed by atoms with Crippen molar-refractivity contribution in [3.8, 4) is 0 Å². The molecule has 2 aromatic rings. The molecule has 1 aliphatic heterocycles. The van der Waals surface area contributed by atoms with Crippen molar-refractivity contribution in [1.82, 2.24) is 15.8 Å². The summed E-state index contributed by atoms with van der Waals surface area (Å²) in [4.78, 5) is 4.35. The lowest BCUT2D eigenvalue weighted by atomic mass is 9.74. The van der Waals surface area contributed by atoms with Gasteiger partial charge in [-0.3, -0.25) is 4.99 Å². The first-order chi connectivity index (χ1) is 13.5.